The first kappa shape index (κ1) is 18.0. The van der Waals surface area contributed by atoms with E-state index >= 15 is 0 Å². The van der Waals surface area contributed by atoms with E-state index < -0.39 is 23.8 Å². The molecule has 0 fully saturated rings. The number of hydrogen-bond acceptors (Lipinski definition) is 6. The van der Waals surface area contributed by atoms with E-state index in [1.807, 2.05) is 0 Å². The third-order valence-corrected chi connectivity index (χ3v) is 3.39. The zero-order valence-corrected chi connectivity index (χ0v) is 13.3. The number of amides is 1. The monoisotopic (exact) mass is 364 g/mol. The quantitative estimate of drug-likeness (QED) is 0.826. The number of anilines is 1. The summed E-state index contributed by atoms with van der Waals surface area (Å²) < 4.78 is 37.7. The van der Waals surface area contributed by atoms with E-state index in [9.17, 15) is 22.8 Å². The molecule has 1 aromatic heterocycles. The highest BCUT2D eigenvalue weighted by atomic mass is 35.5. The molecule has 0 aromatic carbocycles. The lowest BCUT2D eigenvalue weighted by Gasteiger charge is -2.22. The molecule has 130 valence electrons. The van der Waals surface area contributed by atoms with Crippen molar-refractivity contribution in [2.24, 2.45) is 5.16 Å². The van der Waals surface area contributed by atoms with Gasteiger partial charge in [0.05, 0.1) is 10.6 Å². The number of Topliss-reactive ketones (excluding diaryl/α,β-unsaturated/α-hetero) is 1. The number of halogens is 4. The Bertz CT molecular complexity index is 708. The molecule has 2 heterocycles. The predicted octanol–water partition coefficient (Wildman–Crippen LogP) is 1.96. The summed E-state index contributed by atoms with van der Waals surface area (Å²) in [5.74, 6) is -1.04. The minimum Gasteiger partial charge on any atom is -0.382 e. The number of nitrogens with zero attached hydrogens (tertiary/aromatic N) is 3. The van der Waals surface area contributed by atoms with Crippen LogP contribution in [0.1, 0.15) is 18.9 Å². The van der Waals surface area contributed by atoms with Crippen molar-refractivity contribution in [2.75, 3.05) is 12.1 Å². The molecule has 2 rings (SSSR count). The second kappa shape index (κ2) is 6.63. The smallest absolute Gasteiger partial charge is 0.382 e. The summed E-state index contributed by atoms with van der Waals surface area (Å²) in [5.41, 5.74) is 1.48. The van der Waals surface area contributed by atoms with Crippen molar-refractivity contribution in [3.63, 3.8) is 0 Å². The van der Waals surface area contributed by atoms with Crippen molar-refractivity contribution in [1.82, 2.24) is 10.4 Å². The molecule has 1 aromatic rings. The number of carbonyl (C=O) groups is 2. The molecule has 11 heteroatoms. The normalized spacial score (nSPS) is 17.1. The summed E-state index contributed by atoms with van der Waals surface area (Å²) in [6.45, 7) is 1.29. The van der Waals surface area contributed by atoms with Gasteiger partial charge in [-0.25, -0.2) is 4.98 Å². The number of hydrazine groups is 1. The van der Waals surface area contributed by atoms with E-state index in [2.05, 4.69) is 15.6 Å². The lowest BCUT2D eigenvalue weighted by molar-refractivity contribution is -0.138. The predicted molar refractivity (Wildman–Crippen MR) is 78.4 cm³/mol. The summed E-state index contributed by atoms with van der Waals surface area (Å²) in [6, 6.07) is 0.704. The highest BCUT2D eigenvalue weighted by Gasteiger charge is 2.33. The number of aromatic nitrogens is 1. The van der Waals surface area contributed by atoms with Crippen molar-refractivity contribution in [3.05, 3.63) is 22.8 Å². The molecule has 0 bridgehead atoms. The largest absolute Gasteiger partial charge is 0.417 e. The Kier molecular flexibility index (Phi) is 4.97. The number of alkyl halides is 3. The maximum atomic E-state index is 12.6. The van der Waals surface area contributed by atoms with Crippen LogP contribution in [0, 0.1) is 0 Å². The molecule has 1 amide bonds. The summed E-state index contributed by atoms with van der Waals surface area (Å²) >= 11 is 5.78. The van der Waals surface area contributed by atoms with E-state index in [0.717, 1.165) is 5.01 Å². The van der Waals surface area contributed by atoms with Crippen molar-refractivity contribution in [3.8, 4) is 0 Å². The van der Waals surface area contributed by atoms with Crippen LogP contribution in [-0.4, -0.2) is 35.5 Å². The van der Waals surface area contributed by atoms with Gasteiger partial charge in [-0.15, -0.1) is 0 Å². The van der Waals surface area contributed by atoms with E-state index in [1.165, 1.54) is 14.0 Å². The molecule has 0 spiro atoms. The number of rotatable bonds is 4. The van der Waals surface area contributed by atoms with E-state index in [1.54, 1.807) is 0 Å². The van der Waals surface area contributed by atoms with Crippen LogP contribution < -0.4 is 10.4 Å². The first-order valence-corrected chi connectivity index (χ1v) is 6.98. The van der Waals surface area contributed by atoms with Crippen LogP contribution in [0.3, 0.4) is 0 Å². The number of nitrogens with one attached hydrogen (secondary N) is 1. The van der Waals surface area contributed by atoms with Gasteiger partial charge in [-0.05, 0) is 6.07 Å². The molecule has 0 saturated carbocycles. The Morgan fingerprint density at radius 3 is 2.62 bits per heavy atom. The summed E-state index contributed by atoms with van der Waals surface area (Å²) in [7, 11) is 1.35. The highest BCUT2D eigenvalue weighted by Crippen LogP contribution is 2.32. The van der Waals surface area contributed by atoms with Crippen molar-refractivity contribution < 1.29 is 27.6 Å². The van der Waals surface area contributed by atoms with Gasteiger partial charge in [0.2, 0.25) is 6.10 Å². The van der Waals surface area contributed by atoms with Crippen LogP contribution >= 0.6 is 11.6 Å². The fourth-order valence-electron chi connectivity index (χ4n) is 1.85. The van der Waals surface area contributed by atoms with Crippen molar-refractivity contribution in [1.29, 1.82) is 0 Å². The maximum absolute atomic E-state index is 12.6. The number of ketones is 1. The van der Waals surface area contributed by atoms with E-state index in [-0.39, 0.29) is 28.8 Å². The molecule has 1 aliphatic heterocycles. The summed E-state index contributed by atoms with van der Waals surface area (Å²) in [5, 5.41) is 4.26. The first-order valence-electron chi connectivity index (χ1n) is 6.60. The topological polar surface area (TPSA) is 83.9 Å². The van der Waals surface area contributed by atoms with Gasteiger partial charge >= 0.3 is 6.18 Å². The first-order chi connectivity index (χ1) is 11.1. The highest BCUT2D eigenvalue weighted by molar-refractivity contribution is 6.39. The molecular formula is C13H12ClF3N4O3. The van der Waals surface area contributed by atoms with Gasteiger partial charge in [-0.3, -0.25) is 20.0 Å². The Labute approximate surface area is 139 Å². The van der Waals surface area contributed by atoms with Gasteiger partial charge in [0.25, 0.3) is 5.91 Å². The maximum Gasteiger partial charge on any atom is 0.417 e. The van der Waals surface area contributed by atoms with Crippen LogP contribution in [0.25, 0.3) is 0 Å². The van der Waals surface area contributed by atoms with E-state index in [4.69, 9.17) is 16.4 Å². The second-order valence-corrected chi connectivity index (χ2v) is 5.36. The van der Waals surface area contributed by atoms with E-state index in [0.29, 0.717) is 12.3 Å². The Morgan fingerprint density at radius 1 is 1.46 bits per heavy atom. The van der Waals surface area contributed by atoms with Crippen LogP contribution in [-0.2, 0) is 20.6 Å². The van der Waals surface area contributed by atoms with Gasteiger partial charge in [-0.1, -0.05) is 16.8 Å². The van der Waals surface area contributed by atoms with Crippen molar-refractivity contribution in [2.45, 2.75) is 25.6 Å². The number of carbonyl (C=O) groups excluding carboxylic acids is 2. The molecule has 7 nitrogen and oxygen atoms in total. The van der Waals surface area contributed by atoms with Crippen LogP contribution in [0.5, 0.6) is 0 Å². The number of hydrogen-bond donors (Lipinski definition) is 1. The zero-order chi connectivity index (χ0) is 18.1. The second-order valence-electron chi connectivity index (χ2n) is 4.95. The minimum atomic E-state index is -4.57. The van der Waals surface area contributed by atoms with Gasteiger partial charge < -0.3 is 4.84 Å². The standard InChI is InChI=1S/C13H12ClF3N4O3/c1-6(22)9-4-10(24-20-9)12(23)19-21(2)11-8(14)3-7(5-18-11)13(15,16)17/h3,5,10H,4H2,1-2H3,(H,19,23). The Balaban J connectivity index is 2.04. The fraction of sp³-hybridized carbons (Fsp3) is 0.385. The van der Waals surface area contributed by atoms with Gasteiger partial charge in [0.15, 0.2) is 11.6 Å². The van der Waals surface area contributed by atoms with Gasteiger partial charge in [-0.2, -0.15) is 13.2 Å². The average molecular weight is 365 g/mol. The molecular weight excluding hydrogens is 353 g/mol. The number of pyridine rings is 1. The minimum absolute atomic E-state index is 0.00315. The third-order valence-electron chi connectivity index (χ3n) is 3.11. The molecule has 1 unspecified atom stereocenters. The van der Waals surface area contributed by atoms with Crippen molar-refractivity contribution >= 4 is 34.8 Å². The number of oxime groups is 1. The Hall–Kier alpha value is -2.36. The molecule has 1 aliphatic rings. The molecule has 24 heavy (non-hydrogen) atoms. The molecule has 0 radical (unpaired) electrons. The molecule has 0 aliphatic carbocycles. The summed E-state index contributed by atoms with van der Waals surface area (Å²) in [6.07, 6.45) is -4.98. The lowest BCUT2D eigenvalue weighted by atomic mass is 10.1. The fourth-order valence-corrected chi connectivity index (χ4v) is 2.14. The zero-order valence-electron chi connectivity index (χ0n) is 12.5. The summed E-state index contributed by atoms with van der Waals surface area (Å²) in [4.78, 5) is 31.6. The van der Waals surface area contributed by atoms with Crippen LogP contribution in [0.2, 0.25) is 5.02 Å². The molecule has 1 atom stereocenters. The lowest BCUT2D eigenvalue weighted by Crippen LogP contribution is -2.45. The average Bonchev–Trinajstić information content (AvgIpc) is 2.96. The van der Waals surface area contributed by atoms with Gasteiger partial charge in [0, 0.05) is 26.6 Å². The van der Waals surface area contributed by atoms with Gasteiger partial charge in [0.1, 0.15) is 5.71 Å². The Morgan fingerprint density at radius 2 is 2.12 bits per heavy atom. The molecule has 1 N–H and O–H groups in total. The molecule has 0 saturated heterocycles. The third kappa shape index (κ3) is 3.94. The SMILES string of the molecule is CC(=O)C1=NOC(C(=O)NN(C)c2ncc(C(F)(F)F)cc2Cl)C1. The van der Waals surface area contributed by atoms with Crippen LogP contribution in [0.15, 0.2) is 17.4 Å². The van der Waals surface area contributed by atoms with Crippen LogP contribution in [0.4, 0.5) is 19.0 Å².